The second kappa shape index (κ2) is 6.98. The summed E-state index contributed by atoms with van der Waals surface area (Å²) in [6.45, 7) is 2.10. The Balaban J connectivity index is 2.04. The summed E-state index contributed by atoms with van der Waals surface area (Å²) in [5.74, 6) is 0. The highest BCUT2D eigenvalue weighted by molar-refractivity contribution is 7.11. The van der Waals surface area contributed by atoms with Crippen molar-refractivity contribution in [2.75, 3.05) is 19.8 Å². The van der Waals surface area contributed by atoms with E-state index in [-0.39, 0.29) is 6.61 Å². The number of hydrogen-bond acceptors (Lipinski definition) is 3. The van der Waals surface area contributed by atoms with Crippen LogP contribution in [-0.4, -0.2) is 25.9 Å². The molecule has 0 atom stereocenters. The molecule has 1 aromatic heterocycles. The fraction of sp³-hybridized carbons (Fsp3) is 0.636. The molecule has 1 heterocycles. The number of aryl methyl sites for hydroxylation is 1. The molecule has 0 aliphatic heterocycles. The summed E-state index contributed by atoms with van der Waals surface area (Å²) < 4.78 is 39.7. The molecule has 0 fully saturated rings. The van der Waals surface area contributed by atoms with Gasteiger partial charge in [-0.25, -0.2) is 0 Å². The zero-order valence-electron chi connectivity index (χ0n) is 9.64. The lowest BCUT2D eigenvalue weighted by atomic mass is 10.3. The van der Waals surface area contributed by atoms with Crippen molar-refractivity contribution in [3.8, 4) is 0 Å². The van der Waals surface area contributed by atoms with E-state index in [1.165, 1.54) is 9.75 Å². The van der Waals surface area contributed by atoms with Gasteiger partial charge in [-0.2, -0.15) is 13.2 Å². The van der Waals surface area contributed by atoms with Crippen molar-refractivity contribution in [2.24, 2.45) is 0 Å². The summed E-state index contributed by atoms with van der Waals surface area (Å²) in [7, 11) is 0. The minimum Gasteiger partial charge on any atom is -0.371 e. The van der Waals surface area contributed by atoms with Crippen LogP contribution in [0.25, 0.3) is 0 Å². The number of alkyl halides is 3. The van der Waals surface area contributed by atoms with Crippen LogP contribution in [0, 0.1) is 0 Å². The highest BCUT2D eigenvalue weighted by Gasteiger charge is 2.27. The van der Waals surface area contributed by atoms with Crippen molar-refractivity contribution in [3.63, 3.8) is 0 Å². The quantitative estimate of drug-likeness (QED) is 0.767. The molecule has 0 aliphatic carbocycles. The first kappa shape index (κ1) is 14.5. The predicted molar refractivity (Wildman–Crippen MR) is 62.3 cm³/mol. The zero-order valence-corrected chi connectivity index (χ0v) is 10.5. The van der Waals surface area contributed by atoms with Crippen molar-refractivity contribution in [1.82, 2.24) is 5.32 Å². The molecule has 0 saturated heterocycles. The van der Waals surface area contributed by atoms with E-state index in [1.54, 1.807) is 11.3 Å². The van der Waals surface area contributed by atoms with Gasteiger partial charge >= 0.3 is 6.18 Å². The van der Waals surface area contributed by atoms with E-state index in [4.69, 9.17) is 0 Å². The third kappa shape index (κ3) is 6.65. The predicted octanol–water partition coefficient (Wildman–Crippen LogP) is 2.98. The van der Waals surface area contributed by atoms with Gasteiger partial charge in [0.2, 0.25) is 0 Å². The van der Waals surface area contributed by atoms with Crippen molar-refractivity contribution in [2.45, 2.75) is 26.1 Å². The topological polar surface area (TPSA) is 21.3 Å². The summed E-state index contributed by atoms with van der Waals surface area (Å²) in [6.07, 6.45) is -3.22. The fourth-order valence-corrected chi connectivity index (χ4v) is 2.18. The first-order valence-corrected chi connectivity index (χ1v) is 6.25. The second-order valence-corrected chi connectivity index (χ2v) is 4.82. The van der Waals surface area contributed by atoms with Gasteiger partial charge in [-0.3, -0.25) is 0 Å². The molecule has 0 amide bonds. The molecule has 2 nitrogen and oxygen atoms in total. The number of thiophene rings is 1. The van der Waals surface area contributed by atoms with Crippen LogP contribution in [0.5, 0.6) is 0 Å². The van der Waals surface area contributed by atoms with Crippen LogP contribution in [-0.2, 0) is 17.7 Å². The maximum atomic E-state index is 11.7. The number of halogens is 3. The van der Waals surface area contributed by atoms with E-state index >= 15 is 0 Å². The Hall–Kier alpha value is -0.590. The van der Waals surface area contributed by atoms with E-state index in [9.17, 15) is 13.2 Å². The molecular formula is C11H16F3NOS. The number of nitrogens with one attached hydrogen (secondary N) is 1. The molecule has 0 aromatic carbocycles. The minimum atomic E-state index is -4.23. The number of ether oxygens (including phenoxy) is 1. The van der Waals surface area contributed by atoms with Gasteiger partial charge in [-0.1, -0.05) is 6.92 Å². The van der Waals surface area contributed by atoms with Crippen LogP contribution in [0.2, 0.25) is 0 Å². The number of rotatable bonds is 7. The molecule has 0 spiro atoms. The van der Waals surface area contributed by atoms with Crippen molar-refractivity contribution >= 4 is 11.3 Å². The van der Waals surface area contributed by atoms with Gasteiger partial charge < -0.3 is 10.1 Å². The smallest absolute Gasteiger partial charge is 0.371 e. The molecule has 0 unspecified atom stereocenters. The highest BCUT2D eigenvalue weighted by Crippen LogP contribution is 2.16. The average molecular weight is 267 g/mol. The first-order chi connectivity index (χ1) is 8.01. The summed E-state index contributed by atoms with van der Waals surface area (Å²) in [4.78, 5) is 2.51. The summed E-state index contributed by atoms with van der Waals surface area (Å²) in [6, 6.07) is 4.11. The van der Waals surface area contributed by atoms with Crippen LogP contribution >= 0.6 is 11.3 Å². The maximum Gasteiger partial charge on any atom is 0.411 e. The summed E-state index contributed by atoms with van der Waals surface area (Å²) in [5, 5.41) is 3.04. The molecule has 0 bridgehead atoms. The molecule has 6 heteroatoms. The van der Waals surface area contributed by atoms with E-state index in [0.29, 0.717) is 13.1 Å². The van der Waals surface area contributed by atoms with E-state index in [0.717, 1.165) is 6.42 Å². The molecule has 0 radical (unpaired) electrons. The Labute approximate surface area is 103 Å². The second-order valence-electron chi connectivity index (χ2n) is 3.57. The van der Waals surface area contributed by atoms with Crippen LogP contribution in [0.3, 0.4) is 0 Å². The van der Waals surface area contributed by atoms with Gasteiger partial charge in [0.25, 0.3) is 0 Å². The van der Waals surface area contributed by atoms with Crippen molar-refractivity contribution in [3.05, 3.63) is 21.9 Å². The molecule has 98 valence electrons. The monoisotopic (exact) mass is 267 g/mol. The lowest BCUT2D eigenvalue weighted by Crippen LogP contribution is -2.23. The van der Waals surface area contributed by atoms with Gasteiger partial charge in [-0.05, 0) is 18.6 Å². The Morgan fingerprint density at radius 1 is 1.29 bits per heavy atom. The normalized spacial score (nSPS) is 12.0. The standard InChI is InChI=1S/C11H16F3NOS/c1-2-9-3-4-10(17-9)7-15-5-6-16-8-11(12,13)14/h3-4,15H,2,5-8H2,1H3. The molecule has 1 N–H and O–H groups in total. The van der Waals surface area contributed by atoms with Gasteiger partial charge in [0.15, 0.2) is 0 Å². The fourth-order valence-electron chi connectivity index (χ4n) is 1.25. The van der Waals surface area contributed by atoms with Crippen LogP contribution < -0.4 is 5.32 Å². The summed E-state index contributed by atoms with van der Waals surface area (Å²) in [5.41, 5.74) is 0. The molecule has 1 rings (SSSR count). The minimum absolute atomic E-state index is 0.0749. The Morgan fingerprint density at radius 3 is 2.59 bits per heavy atom. The highest BCUT2D eigenvalue weighted by atomic mass is 32.1. The van der Waals surface area contributed by atoms with Crippen LogP contribution in [0.15, 0.2) is 12.1 Å². The Kier molecular flexibility index (Phi) is 5.94. The molecule has 1 aromatic rings. The van der Waals surface area contributed by atoms with Crippen molar-refractivity contribution in [1.29, 1.82) is 0 Å². The SMILES string of the molecule is CCc1ccc(CNCCOCC(F)(F)F)s1. The van der Waals surface area contributed by atoms with Crippen LogP contribution in [0.1, 0.15) is 16.7 Å². The number of hydrogen-bond donors (Lipinski definition) is 1. The molecule has 0 saturated carbocycles. The zero-order chi connectivity index (χ0) is 12.7. The molecule has 0 aliphatic rings. The van der Waals surface area contributed by atoms with Crippen molar-refractivity contribution < 1.29 is 17.9 Å². The third-order valence-corrected chi connectivity index (χ3v) is 3.28. The molecular weight excluding hydrogens is 251 g/mol. The largest absolute Gasteiger partial charge is 0.411 e. The van der Waals surface area contributed by atoms with E-state index in [1.807, 2.05) is 6.07 Å². The lowest BCUT2D eigenvalue weighted by molar-refractivity contribution is -0.173. The van der Waals surface area contributed by atoms with Gasteiger partial charge in [-0.15, -0.1) is 11.3 Å². The van der Waals surface area contributed by atoms with E-state index < -0.39 is 12.8 Å². The summed E-state index contributed by atoms with van der Waals surface area (Å²) >= 11 is 1.72. The van der Waals surface area contributed by atoms with Crippen LogP contribution in [0.4, 0.5) is 13.2 Å². The van der Waals surface area contributed by atoms with Gasteiger partial charge in [0, 0.05) is 22.8 Å². The van der Waals surface area contributed by atoms with Gasteiger partial charge in [0.05, 0.1) is 6.61 Å². The molecule has 17 heavy (non-hydrogen) atoms. The Morgan fingerprint density at radius 2 is 2.00 bits per heavy atom. The maximum absolute atomic E-state index is 11.7. The van der Waals surface area contributed by atoms with Gasteiger partial charge in [0.1, 0.15) is 6.61 Å². The first-order valence-electron chi connectivity index (χ1n) is 5.44. The average Bonchev–Trinajstić information content (AvgIpc) is 2.69. The van der Waals surface area contributed by atoms with E-state index in [2.05, 4.69) is 23.0 Å². The Bertz CT molecular complexity index is 325. The lowest BCUT2D eigenvalue weighted by Gasteiger charge is -2.07. The third-order valence-electron chi connectivity index (χ3n) is 2.05.